The number of benzene rings is 1. The minimum absolute atomic E-state index is 0.327. The van der Waals surface area contributed by atoms with Crippen LogP contribution >= 0.6 is 0 Å². The van der Waals surface area contributed by atoms with E-state index in [2.05, 4.69) is 5.32 Å². The summed E-state index contributed by atoms with van der Waals surface area (Å²) in [5.41, 5.74) is 0.812. The van der Waals surface area contributed by atoms with Gasteiger partial charge >= 0.3 is 0 Å². The van der Waals surface area contributed by atoms with Gasteiger partial charge in [0.1, 0.15) is 11.8 Å². The molecule has 0 aliphatic heterocycles. The van der Waals surface area contributed by atoms with Crippen LogP contribution in [-0.4, -0.2) is 17.9 Å². The molecule has 1 rings (SSSR count). The molecule has 4 heteroatoms. The molecule has 0 saturated carbocycles. The molecule has 3 nitrogen and oxygen atoms in total. The molecule has 0 saturated heterocycles. The van der Waals surface area contributed by atoms with Crippen LogP contribution in [0.2, 0.25) is 0 Å². The number of hydrogen-bond donors (Lipinski definition) is 1. The molecule has 1 aromatic rings. The van der Waals surface area contributed by atoms with Crippen LogP contribution in [0, 0.1) is 5.82 Å². The lowest BCUT2D eigenvalue weighted by Gasteiger charge is -2.15. The topological polar surface area (TPSA) is 46.2 Å². The Morgan fingerprint density at radius 2 is 2.00 bits per heavy atom. The second-order valence-electron chi connectivity index (χ2n) is 3.73. The Labute approximate surface area is 99.3 Å². The zero-order chi connectivity index (χ0) is 12.8. The zero-order valence-corrected chi connectivity index (χ0v) is 9.79. The van der Waals surface area contributed by atoms with Crippen LogP contribution < -0.4 is 5.32 Å². The molecule has 0 aliphatic rings. The van der Waals surface area contributed by atoms with Gasteiger partial charge in [0.05, 0.1) is 6.04 Å². The van der Waals surface area contributed by atoms with E-state index in [0.717, 1.165) is 0 Å². The Morgan fingerprint density at radius 1 is 1.41 bits per heavy atom. The number of rotatable bonds is 4. The van der Waals surface area contributed by atoms with E-state index in [-0.39, 0.29) is 11.9 Å². The highest BCUT2D eigenvalue weighted by Gasteiger charge is 2.14. The lowest BCUT2D eigenvalue weighted by atomic mass is 10.1. The lowest BCUT2D eigenvalue weighted by Crippen LogP contribution is -2.35. The second-order valence-corrected chi connectivity index (χ2v) is 3.73. The van der Waals surface area contributed by atoms with Gasteiger partial charge in [-0.3, -0.25) is 4.79 Å². The Morgan fingerprint density at radius 3 is 2.47 bits per heavy atom. The maximum Gasteiger partial charge on any atom is 0.251 e. The van der Waals surface area contributed by atoms with Crippen molar-refractivity contribution < 1.29 is 14.0 Å². The van der Waals surface area contributed by atoms with Gasteiger partial charge < -0.3 is 5.32 Å². The van der Waals surface area contributed by atoms with Crippen molar-refractivity contribution in [2.75, 3.05) is 0 Å². The van der Waals surface area contributed by atoms with Gasteiger partial charge in [-0.1, -0.05) is 6.92 Å². The summed E-state index contributed by atoms with van der Waals surface area (Å²) in [5.74, 6) is 1.06. The monoisotopic (exact) mass is 235 g/mol. The fraction of sp³-hybridized carbons (Fsp3) is 0.308. The fourth-order valence-electron chi connectivity index (χ4n) is 1.43. The van der Waals surface area contributed by atoms with Crippen molar-refractivity contribution in [3.05, 3.63) is 41.2 Å². The summed E-state index contributed by atoms with van der Waals surface area (Å²) in [6.07, 6.45) is 0.605. The molecule has 0 radical (unpaired) electrons. The van der Waals surface area contributed by atoms with Gasteiger partial charge in [-0.05, 0) is 37.6 Å². The van der Waals surface area contributed by atoms with Crippen LogP contribution in [0.3, 0.4) is 0 Å². The number of halogens is 1. The fourth-order valence-corrected chi connectivity index (χ4v) is 1.43. The molecule has 0 aliphatic carbocycles. The first kappa shape index (κ1) is 13.1. The first-order valence-corrected chi connectivity index (χ1v) is 5.36. The van der Waals surface area contributed by atoms with E-state index in [1.54, 1.807) is 12.9 Å². The van der Waals surface area contributed by atoms with Gasteiger partial charge in [0.25, 0.3) is 5.91 Å². The van der Waals surface area contributed by atoms with Gasteiger partial charge in [0.2, 0.25) is 0 Å². The second kappa shape index (κ2) is 5.97. The Kier molecular flexibility index (Phi) is 4.61. The normalized spacial score (nSPS) is 11.5. The summed E-state index contributed by atoms with van der Waals surface area (Å²) >= 11 is 0. The largest absolute Gasteiger partial charge is 0.345 e. The molecule has 1 atom stereocenters. The van der Waals surface area contributed by atoms with Crippen LogP contribution in [0.25, 0.3) is 0 Å². The Hall–Kier alpha value is -1.93. The molecule has 1 N–H and O–H groups in total. The number of carbonyl (C=O) groups excluding carboxylic acids is 2. The van der Waals surface area contributed by atoms with Crippen LogP contribution in [0.1, 0.15) is 30.6 Å². The lowest BCUT2D eigenvalue weighted by molar-refractivity contribution is 0.0942. The average Bonchev–Trinajstić information content (AvgIpc) is 2.35. The van der Waals surface area contributed by atoms with Crippen LogP contribution in [0.5, 0.6) is 0 Å². The maximum atomic E-state index is 12.7. The SMILES string of the molecule is CCC(NC(=O)c1ccc(F)cc1)C(C)=C=O. The minimum Gasteiger partial charge on any atom is -0.345 e. The average molecular weight is 235 g/mol. The molecule has 17 heavy (non-hydrogen) atoms. The summed E-state index contributed by atoms with van der Waals surface area (Å²) in [6.45, 7) is 3.47. The van der Waals surface area contributed by atoms with E-state index in [0.29, 0.717) is 17.6 Å². The van der Waals surface area contributed by atoms with Crippen molar-refractivity contribution in [1.82, 2.24) is 5.32 Å². The minimum atomic E-state index is -0.391. The van der Waals surface area contributed by atoms with Gasteiger partial charge in [-0.25, -0.2) is 9.18 Å². The third-order valence-corrected chi connectivity index (χ3v) is 2.50. The quantitative estimate of drug-likeness (QED) is 0.812. The molecule has 0 spiro atoms. The molecule has 0 aromatic heterocycles. The van der Waals surface area contributed by atoms with Crippen LogP contribution in [-0.2, 0) is 4.79 Å². The molecule has 90 valence electrons. The van der Waals surface area contributed by atoms with E-state index >= 15 is 0 Å². The highest BCUT2D eigenvalue weighted by Crippen LogP contribution is 2.06. The number of amides is 1. The first-order chi connectivity index (χ1) is 8.08. The molecular weight excluding hydrogens is 221 g/mol. The standard InChI is InChI=1S/C13H14FNO2/c1-3-12(9(2)8-16)15-13(17)10-4-6-11(14)7-5-10/h4-7,12H,3H2,1-2H3,(H,15,17). The smallest absolute Gasteiger partial charge is 0.251 e. The van der Waals surface area contributed by atoms with E-state index in [4.69, 9.17) is 0 Å². The van der Waals surface area contributed by atoms with E-state index in [9.17, 15) is 14.0 Å². The van der Waals surface area contributed by atoms with Crippen molar-refractivity contribution in [2.24, 2.45) is 0 Å². The predicted octanol–water partition coefficient (Wildman–Crippen LogP) is 2.11. The molecule has 0 heterocycles. The number of hydrogen-bond acceptors (Lipinski definition) is 2. The first-order valence-electron chi connectivity index (χ1n) is 5.36. The molecule has 1 unspecified atom stereocenters. The predicted molar refractivity (Wildman–Crippen MR) is 62.8 cm³/mol. The molecular formula is C13H14FNO2. The molecule has 1 amide bonds. The Bertz CT molecular complexity index is 447. The highest BCUT2D eigenvalue weighted by atomic mass is 19.1. The Balaban J connectivity index is 2.78. The van der Waals surface area contributed by atoms with Gasteiger partial charge in [0.15, 0.2) is 0 Å². The highest BCUT2D eigenvalue weighted by molar-refractivity contribution is 5.94. The summed E-state index contributed by atoms with van der Waals surface area (Å²) in [4.78, 5) is 22.3. The molecule has 0 bridgehead atoms. The van der Waals surface area contributed by atoms with Crippen molar-refractivity contribution in [3.8, 4) is 0 Å². The summed E-state index contributed by atoms with van der Waals surface area (Å²) in [7, 11) is 0. The van der Waals surface area contributed by atoms with Crippen molar-refractivity contribution in [3.63, 3.8) is 0 Å². The van der Waals surface area contributed by atoms with E-state index in [1.165, 1.54) is 24.3 Å². The van der Waals surface area contributed by atoms with E-state index < -0.39 is 5.82 Å². The zero-order valence-electron chi connectivity index (χ0n) is 9.79. The van der Waals surface area contributed by atoms with Gasteiger partial charge in [-0.15, -0.1) is 0 Å². The summed E-state index contributed by atoms with van der Waals surface area (Å²) < 4.78 is 12.7. The van der Waals surface area contributed by atoms with Crippen LogP contribution in [0.4, 0.5) is 4.39 Å². The van der Waals surface area contributed by atoms with Crippen molar-refractivity contribution in [1.29, 1.82) is 0 Å². The third-order valence-electron chi connectivity index (χ3n) is 2.50. The van der Waals surface area contributed by atoms with Crippen molar-refractivity contribution in [2.45, 2.75) is 26.3 Å². The van der Waals surface area contributed by atoms with Gasteiger partial charge in [0, 0.05) is 11.1 Å². The molecule has 0 fully saturated rings. The van der Waals surface area contributed by atoms with E-state index in [1.807, 2.05) is 6.92 Å². The molecule has 1 aromatic carbocycles. The number of carbonyl (C=O) groups is 1. The summed E-state index contributed by atoms with van der Waals surface area (Å²) in [6, 6.07) is 4.91. The van der Waals surface area contributed by atoms with Crippen molar-refractivity contribution >= 4 is 11.8 Å². The van der Waals surface area contributed by atoms with Gasteiger partial charge in [-0.2, -0.15) is 0 Å². The third kappa shape index (κ3) is 3.54. The number of nitrogens with one attached hydrogen (secondary N) is 1. The summed E-state index contributed by atoms with van der Waals surface area (Å²) in [5, 5.41) is 2.69. The maximum absolute atomic E-state index is 12.7. The van der Waals surface area contributed by atoms with Crippen LogP contribution in [0.15, 0.2) is 29.8 Å².